The van der Waals surface area contributed by atoms with Crippen molar-refractivity contribution in [3.63, 3.8) is 0 Å². The third-order valence-corrected chi connectivity index (χ3v) is 3.01. The minimum atomic E-state index is -0.303. The summed E-state index contributed by atoms with van der Waals surface area (Å²) < 4.78 is 18.1. The molecule has 0 atom stereocenters. The van der Waals surface area contributed by atoms with Crippen molar-refractivity contribution in [3.8, 4) is 5.75 Å². The van der Waals surface area contributed by atoms with Gasteiger partial charge in [0.2, 0.25) is 0 Å². The van der Waals surface area contributed by atoms with Crippen LogP contribution in [-0.2, 0) is 6.42 Å². The number of hydrogen-bond acceptors (Lipinski definition) is 2. The van der Waals surface area contributed by atoms with Crippen LogP contribution < -0.4 is 15.4 Å². The number of carbonyl (C=O) groups excluding carboxylic acids is 1. The van der Waals surface area contributed by atoms with Crippen molar-refractivity contribution in [2.75, 3.05) is 19.7 Å². The van der Waals surface area contributed by atoms with E-state index in [1.807, 2.05) is 30.3 Å². The Morgan fingerprint density at radius 2 is 1.64 bits per heavy atom. The Kier molecular flexibility index (Phi) is 6.23. The first-order chi connectivity index (χ1) is 10.7. The van der Waals surface area contributed by atoms with E-state index >= 15 is 0 Å². The highest BCUT2D eigenvalue weighted by atomic mass is 19.1. The molecular weight excluding hydrogens is 283 g/mol. The van der Waals surface area contributed by atoms with Crippen LogP contribution in [0.2, 0.25) is 0 Å². The maximum atomic E-state index is 12.7. The molecule has 0 radical (unpaired) electrons. The van der Waals surface area contributed by atoms with Gasteiger partial charge in [-0.2, -0.15) is 0 Å². The summed E-state index contributed by atoms with van der Waals surface area (Å²) in [6, 6.07) is 15.5. The fraction of sp³-hybridized carbons (Fsp3) is 0.235. The van der Waals surface area contributed by atoms with Gasteiger partial charge < -0.3 is 15.4 Å². The smallest absolute Gasteiger partial charge is 0.314 e. The Labute approximate surface area is 129 Å². The van der Waals surface area contributed by atoms with Crippen LogP contribution in [0.1, 0.15) is 5.56 Å². The highest BCUT2D eigenvalue weighted by Crippen LogP contribution is 2.10. The minimum Gasteiger partial charge on any atom is -0.492 e. The highest BCUT2D eigenvalue weighted by molar-refractivity contribution is 5.73. The lowest BCUT2D eigenvalue weighted by atomic mass is 10.1. The lowest BCUT2D eigenvalue weighted by Gasteiger charge is -2.09. The van der Waals surface area contributed by atoms with Gasteiger partial charge in [0.15, 0.2) is 0 Å². The molecule has 0 saturated heterocycles. The third kappa shape index (κ3) is 5.83. The SMILES string of the molecule is O=C(NCCOc1ccc(F)cc1)NCCc1ccccc1. The quantitative estimate of drug-likeness (QED) is 0.773. The number of ether oxygens (including phenoxy) is 1. The maximum Gasteiger partial charge on any atom is 0.314 e. The number of hydrogen-bond donors (Lipinski definition) is 2. The molecule has 0 aliphatic carbocycles. The van der Waals surface area contributed by atoms with E-state index in [1.165, 1.54) is 17.7 Å². The molecule has 0 aromatic heterocycles. The molecule has 2 N–H and O–H groups in total. The molecule has 0 unspecified atom stereocenters. The van der Waals surface area contributed by atoms with Gasteiger partial charge in [-0.3, -0.25) is 0 Å². The summed E-state index contributed by atoms with van der Waals surface area (Å²) in [4.78, 5) is 11.6. The van der Waals surface area contributed by atoms with Crippen LogP contribution in [0.3, 0.4) is 0 Å². The molecule has 0 heterocycles. The van der Waals surface area contributed by atoms with E-state index in [9.17, 15) is 9.18 Å². The summed E-state index contributed by atoms with van der Waals surface area (Å²) in [5, 5.41) is 5.48. The predicted molar refractivity (Wildman–Crippen MR) is 83.4 cm³/mol. The lowest BCUT2D eigenvalue weighted by molar-refractivity contribution is 0.236. The summed E-state index contributed by atoms with van der Waals surface area (Å²) in [7, 11) is 0. The van der Waals surface area contributed by atoms with Gasteiger partial charge in [0.05, 0.1) is 6.54 Å². The second-order valence-electron chi connectivity index (χ2n) is 4.72. The molecule has 2 rings (SSSR count). The van der Waals surface area contributed by atoms with E-state index in [0.717, 1.165) is 6.42 Å². The van der Waals surface area contributed by atoms with Gasteiger partial charge in [0, 0.05) is 6.54 Å². The summed E-state index contributed by atoms with van der Waals surface area (Å²) in [6.45, 7) is 1.29. The highest BCUT2D eigenvalue weighted by Gasteiger charge is 2.00. The Morgan fingerprint density at radius 3 is 2.36 bits per heavy atom. The number of nitrogens with one attached hydrogen (secondary N) is 2. The zero-order valence-corrected chi connectivity index (χ0v) is 12.2. The van der Waals surface area contributed by atoms with Crippen LogP contribution in [-0.4, -0.2) is 25.7 Å². The average Bonchev–Trinajstić information content (AvgIpc) is 2.54. The molecule has 0 spiro atoms. The van der Waals surface area contributed by atoms with Gasteiger partial charge in [0.1, 0.15) is 18.2 Å². The second-order valence-corrected chi connectivity index (χ2v) is 4.72. The van der Waals surface area contributed by atoms with E-state index in [0.29, 0.717) is 25.4 Å². The molecule has 0 bridgehead atoms. The maximum absolute atomic E-state index is 12.7. The van der Waals surface area contributed by atoms with Gasteiger partial charge >= 0.3 is 6.03 Å². The molecule has 2 aromatic carbocycles. The van der Waals surface area contributed by atoms with Crippen LogP contribution in [0.4, 0.5) is 9.18 Å². The Hall–Kier alpha value is -2.56. The van der Waals surface area contributed by atoms with Gasteiger partial charge in [-0.1, -0.05) is 30.3 Å². The van der Waals surface area contributed by atoms with E-state index in [2.05, 4.69) is 10.6 Å². The van der Waals surface area contributed by atoms with E-state index < -0.39 is 0 Å². The first-order valence-electron chi connectivity index (χ1n) is 7.18. The molecule has 116 valence electrons. The Balaban J connectivity index is 1.55. The van der Waals surface area contributed by atoms with Crippen molar-refractivity contribution in [1.29, 1.82) is 0 Å². The standard InChI is InChI=1S/C17H19FN2O2/c18-15-6-8-16(9-7-15)22-13-12-20-17(21)19-11-10-14-4-2-1-3-5-14/h1-9H,10-13H2,(H2,19,20,21). The molecule has 0 saturated carbocycles. The fourth-order valence-electron chi connectivity index (χ4n) is 1.89. The zero-order chi connectivity index (χ0) is 15.6. The number of halogens is 1. The molecule has 5 heteroatoms. The van der Waals surface area contributed by atoms with Crippen LogP contribution in [0, 0.1) is 5.82 Å². The zero-order valence-electron chi connectivity index (χ0n) is 12.2. The monoisotopic (exact) mass is 302 g/mol. The fourth-order valence-corrected chi connectivity index (χ4v) is 1.89. The number of carbonyl (C=O) groups is 1. The molecule has 0 aliphatic heterocycles. The van der Waals surface area contributed by atoms with Crippen molar-refractivity contribution in [3.05, 3.63) is 66.0 Å². The summed E-state index contributed by atoms with van der Waals surface area (Å²) in [6.07, 6.45) is 0.792. The van der Waals surface area contributed by atoms with Crippen LogP contribution in [0.15, 0.2) is 54.6 Å². The summed E-state index contributed by atoms with van der Waals surface area (Å²) in [5.41, 5.74) is 1.18. The van der Waals surface area contributed by atoms with Crippen LogP contribution in [0.25, 0.3) is 0 Å². The normalized spacial score (nSPS) is 10.0. The Bertz CT molecular complexity index is 573. The predicted octanol–water partition coefficient (Wildman–Crippen LogP) is 2.75. The van der Waals surface area contributed by atoms with Crippen molar-refractivity contribution in [2.24, 2.45) is 0 Å². The van der Waals surface area contributed by atoms with E-state index in [4.69, 9.17) is 4.74 Å². The van der Waals surface area contributed by atoms with Crippen LogP contribution in [0.5, 0.6) is 5.75 Å². The van der Waals surface area contributed by atoms with E-state index in [1.54, 1.807) is 12.1 Å². The van der Waals surface area contributed by atoms with Gasteiger partial charge in [-0.05, 0) is 36.2 Å². The Morgan fingerprint density at radius 1 is 0.955 bits per heavy atom. The largest absolute Gasteiger partial charge is 0.492 e. The molecule has 22 heavy (non-hydrogen) atoms. The third-order valence-electron chi connectivity index (χ3n) is 3.01. The van der Waals surface area contributed by atoms with Crippen molar-refractivity contribution in [2.45, 2.75) is 6.42 Å². The van der Waals surface area contributed by atoms with Crippen molar-refractivity contribution >= 4 is 6.03 Å². The topological polar surface area (TPSA) is 50.4 Å². The van der Waals surface area contributed by atoms with Gasteiger partial charge in [0.25, 0.3) is 0 Å². The van der Waals surface area contributed by atoms with Crippen molar-refractivity contribution in [1.82, 2.24) is 10.6 Å². The molecule has 0 aliphatic rings. The molecule has 2 aromatic rings. The molecule has 0 fully saturated rings. The minimum absolute atomic E-state index is 0.223. The average molecular weight is 302 g/mol. The second kappa shape index (κ2) is 8.67. The lowest BCUT2D eigenvalue weighted by Crippen LogP contribution is -2.38. The van der Waals surface area contributed by atoms with E-state index in [-0.39, 0.29) is 11.8 Å². The number of benzene rings is 2. The van der Waals surface area contributed by atoms with Crippen molar-refractivity contribution < 1.29 is 13.9 Å². The number of amides is 2. The van der Waals surface area contributed by atoms with Crippen LogP contribution >= 0.6 is 0 Å². The number of rotatable bonds is 7. The molecule has 2 amide bonds. The summed E-state index contributed by atoms with van der Waals surface area (Å²) in [5.74, 6) is 0.274. The molecule has 4 nitrogen and oxygen atoms in total. The molecular formula is C17H19FN2O2. The number of urea groups is 1. The first kappa shape index (κ1) is 15.8. The van der Waals surface area contributed by atoms with Gasteiger partial charge in [-0.15, -0.1) is 0 Å². The summed E-state index contributed by atoms with van der Waals surface area (Å²) >= 11 is 0. The van der Waals surface area contributed by atoms with Gasteiger partial charge in [-0.25, -0.2) is 9.18 Å². The first-order valence-corrected chi connectivity index (χ1v) is 7.18.